The van der Waals surface area contributed by atoms with E-state index in [1.165, 1.54) is 6.20 Å². The molecule has 0 spiro atoms. The first-order chi connectivity index (χ1) is 16.8. The quantitative estimate of drug-likeness (QED) is 0.360. The number of rotatable bonds is 8. The fourth-order valence-electron chi connectivity index (χ4n) is 3.83. The van der Waals surface area contributed by atoms with E-state index in [0.717, 1.165) is 5.56 Å². The molecular weight excluding hydrogens is 464 g/mol. The second-order valence-corrected chi connectivity index (χ2v) is 10.2. The first-order valence-electron chi connectivity index (χ1n) is 11.2. The number of nitrogens with zero attached hydrogens (tertiary/aromatic N) is 1. The van der Waals surface area contributed by atoms with Gasteiger partial charge in [0.2, 0.25) is 5.91 Å². The number of aryl methyl sites for hydroxylation is 1. The van der Waals surface area contributed by atoms with Crippen LogP contribution in [0.3, 0.4) is 0 Å². The summed E-state index contributed by atoms with van der Waals surface area (Å²) in [5, 5.41) is 3.36. The number of amides is 1. The van der Waals surface area contributed by atoms with Gasteiger partial charge in [-0.15, -0.1) is 0 Å². The largest absolute Gasteiger partial charge is 0.462 e. The minimum Gasteiger partial charge on any atom is -0.462 e. The van der Waals surface area contributed by atoms with E-state index >= 15 is 0 Å². The average Bonchev–Trinajstić information content (AvgIpc) is 3.20. The van der Waals surface area contributed by atoms with Gasteiger partial charge in [-0.1, -0.05) is 48.0 Å². The van der Waals surface area contributed by atoms with Crippen molar-refractivity contribution in [3.8, 4) is 0 Å². The Morgan fingerprint density at radius 3 is 2.31 bits per heavy atom. The number of hydrogen-bond acceptors (Lipinski definition) is 5. The molecule has 0 unspecified atom stereocenters. The smallest absolute Gasteiger partial charge is 0.338 e. The molecule has 1 N–H and O–H groups in total. The lowest BCUT2D eigenvalue weighted by Crippen LogP contribution is -2.18. The maximum absolute atomic E-state index is 13.3. The predicted molar refractivity (Wildman–Crippen MR) is 135 cm³/mol. The third-order valence-electron chi connectivity index (χ3n) is 5.56. The van der Waals surface area contributed by atoms with Crippen molar-refractivity contribution in [3.63, 3.8) is 0 Å². The third kappa shape index (κ3) is 5.60. The lowest BCUT2D eigenvalue weighted by Gasteiger charge is -2.08. The number of aromatic nitrogens is 1. The molecule has 4 aromatic rings. The SMILES string of the molecule is CCOC(=O)c1ccc(NC(=O)Cn2cc(S(=O)(=O)Cc3ccc(C)cc3)c3ccccc32)cc1. The molecule has 0 radical (unpaired) electrons. The zero-order valence-corrected chi connectivity index (χ0v) is 20.3. The van der Waals surface area contributed by atoms with Gasteiger partial charge >= 0.3 is 5.97 Å². The van der Waals surface area contributed by atoms with Crippen molar-refractivity contribution in [1.29, 1.82) is 0 Å². The summed E-state index contributed by atoms with van der Waals surface area (Å²) >= 11 is 0. The van der Waals surface area contributed by atoms with E-state index in [1.807, 2.05) is 31.2 Å². The molecule has 7 nitrogen and oxygen atoms in total. The first kappa shape index (κ1) is 24.2. The molecular formula is C27H26N2O5S. The number of anilines is 1. The van der Waals surface area contributed by atoms with Crippen LogP contribution in [0, 0.1) is 6.92 Å². The highest BCUT2D eigenvalue weighted by Crippen LogP contribution is 2.28. The lowest BCUT2D eigenvalue weighted by atomic mass is 10.2. The minimum absolute atomic E-state index is 0.0693. The molecule has 0 fully saturated rings. The zero-order chi connectivity index (χ0) is 25.0. The average molecular weight is 491 g/mol. The maximum Gasteiger partial charge on any atom is 0.338 e. The summed E-state index contributed by atoms with van der Waals surface area (Å²) in [6.07, 6.45) is 1.53. The van der Waals surface area contributed by atoms with Crippen LogP contribution in [0.15, 0.2) is 83.9 Å². The van der Waals surface area contributed by atoms with Crippen LogP contribution < -0.4 is 5.32 Å². The van der Waals surface area contributed by atoms with Crippen molar-refractivity contribution in [2.24, 2.45) is 0 Å². The van der Waals surface area contributed by atoms with Crippen molar-refractivity contribution in [1.82, 2.24) is 4.57 Å². The Labute approximate surface area is 204 Å². The van der Waals surface area contributed by atoms with Gasteiger partial charge in [0.1, 0.15) is 6.54 Å². The lowest BCUT2D eigenvalue weighted by molar-refractivity contribution is -0.116. The second-order valence-electron chi connectivity index (χ2n) is 8.23. The standard InChI is InChI=1S/C27H26N2O5S/c1-3-34-27(31)21-12-14-22(15-13-21)28-26(30)17-29-16-25(23-6-4-5-7-24(23)29)35(32,33)18-20-10-8-19(2)9-11-20/h4-16H,3,17-18H2,1-2H3,(H,28,30). The molecule has 1 heterocycles. The molecule has 0 aliphatic rings. The van der Waals surface area contributed by atoms with Gasteiger partial charge in [-0.25, -0.2) is 13.2 Å². The van der Waals surface area contributed by atoms with Crippen LogP contribution in [0.25, 0.3) is 10.9 Å². The molecule has 180 valence electrons. The van der Waals surface area contributed by atoms with Crippen LogP contribution in [0.2, 0.25) is 0 Å². The molecule has 0 aliphatic carbocycles. The number of para-hydroxylation sites is 1. The highest BCUT2D eigenvalue weighted by Gasteiger charge is 2.22. The van der Waals surface area contributed by atoms with E-state index in [-0.39, 0.29) is 29.7 Å². The monoisotopic (exact) mass is 490 g/mol. The van der Waals surface area contributed by atoms with Gasteiger partial charge in [-0.05, 0) is 49.7 Å². The van der Waals surface area contributed by atoms with Crippen LogP contribution >= 0.6 is 0 Å². The molecule has 1 amide bonds. The molecule has 0 saturated heterocycles. The second kappa shape index (κ2) is 10.1. The number of hydrogen-bond donors (Lipinski definition) is 1. The van der Waals surface area contributed by atoms with Gasteiger partial charge in [0.25, 0.3) is 0 Å². The summed E-state index contributed by atoms with van der Waals surface area (Å²) in [7, 11) is -3.64. The molecule has 0 bridgehead atoms. The van der Waals surface area contributed by atoms with Gasteiger partial charge in [0.05, 0.1) is 22.8 Å². The normalized spacial score (nSPS) is 11.4. The van der Waals surface area contributed by atoms with Crippen LogP contribution in [0.1, 0.15) is 28.4 Å². The van der Waals surface area contributed by atoms with Gasteiger partial charge in [-0.2, -0.15) is 0 Å². The highest BCUT2D eigenvalue weighted by molar-refractivity contribution is 7.90. The van der Waals surface area contributed by atoms with Crippen molar-refractivity contribution in [2.75, 3.05) is 11.9 Å². The number of fused-ring (bicyclic) bond motifs is 1. The predicted octanol–water partition coefficient (Wildman–Crippen LogP) is 4.74. The Hall–Kier alpha value is -3.91. The number of carbonyl (C=O) groups is 2. The Kier molecular flexibility index (Phi) is 7.02. The summed E-state index contributed by atoms with van der Waals surface area (Å²) in [4.78, 5) is 24.7. The van der Waals surface area contributed by atoms with E-state index < -0.39 is 15.8 Å². The van der Waals surface area contributed by atoms with E-state index in [0.29, 0.717) is 27.7 Å². The highest BCUT2D eigenvalue weighted by atomic mass is 32.2. The summed E-state index contributed by atoms with van der Waals surface area (Å²) < 4.78 is 33.1. The van der Waals surface area contributed by atoms with Gasteiger partial charge in [0, 0.05) is 22.8 Å². The number of sulfone groups is 1. The van der Waals surface area contributed by atoms with E-state index in [2.05, 4.69) is 5.32 Å². The maximum atomic E-state index is 13.3. The molecule has 1 aromatic heterocycles. The Morgan fingerprint density at radius 1 is 0.943 bits per heavy atom. The Balaban J connectivity index is 1.54. The van der Waals surface area contributed by atoms with Gasteiger partial charge in [-0.3, -0.25) is 4.79 Å². The fraction of sp³-hybridized carbons (Fsp3) is 0.185. The first-order valence-corrected chi connectivity index (χ1v) is 12.9. The number of nitrogens with one attached hydrogen (secondary N) is 1. The Morgan fingerprint density at radius 2 is 1.63 bits per heavy atom. The van der Waals surface area contributed by atoms with E-state index in [4.69, 9.17) is 4.74 Å². The van der Waals surface area contributed by atoms with E-state index in [9.17, 15) is 18.0 Å². The number of ether oxygens (including phenoxy) is 1. The molecule has 0 aliphatic heterocycles. The van der Waals surface area contributed by atoms with Gasteiger partial charge in [0.15, 0.2) is 9.84 Å². The van der Waals surface area contributed by atoms with Crippen LogP contribution in [0.4, 0.5) is 5.69 Å². The third-order valence-corrected chi connectivity index (χ3v) is 7.27. The fourth-order valence-corrected chi connectivity index (χ4v) is 5.41. The van der Waals surface area contributed by atoms with Crippen LogP contribution in [-0.4, -0.2) is 31.5 Å². The number of benzene rings is 3. The molecule has 0 atom stereocenters. The Bertz CT molecular complexity index is 1470. The molecule has 4 rings (SSSR count). The van der Waals surface area contributed by atoms with Crippen LogP contribution in [-0.2, 0) is 31.7 Å². The van der Waals surface area contributed by atoms with Crippen molar-refractivity contribution >= 4 is 38.3 Å². The number of esters is 1. The molecule has 0 saturated carbocycles. The zero-order valence-electron chi connectivity index (χ0n) is 19.5. The summed E-state index contributed by atoms with van der Waals surface area (Å²) in [5.74, 6) is -0.874. The molecule has 8 heteroatoms. The summed E-state index contributed by atoms with van der Waals surface area (Å²) in [6, 6.07) is 20.9. The minimum atomic E-state index is -3.64. The van der Waals surface area contributed by atoms with Crippen molar-refractivity contribution in [2.45, 2.75) is 31.0 Å². The number of carbonyl (C=O) groups excluding carboxylic acids is 2. The molecule has 3 aromatic carbocycles. The van der Waals surface area contributed by atoms with E-state index in [1.54, 1.807) is 60.0 Å². The topological polar surface area (TPSA) is 94.5 Å². The van der Waals surface area contributed by atoms with Gasteiger partial charge < -0.3 is 14.6 Å². The molecule has 35 heavy (non-hydrogen) atoms. The summed E-state index contributed by atoms with van der Waals surface area (Å²) in [5.41, 5.74) is 3.33. The van der Waals surface area contributed by atoms with Crippen LogP contribution in [0.5, 0.6) is 0 Å². The van der Waals surface area contributed by atoms with Crippen molar-refractivity contribution in [3.05, 3.63) is 95.7 Å². The summed E-state index contributed by atoms with van der Waals surface area (Å²) in [6.45, 7) is 3.90. The van der Waals surface area contributed by atoms with Crippen molar-refractivity contribution < 1.29 is 22.7 Å².